The molecule has 0 fully saturated rings. The standard InChI is InChI=1S/C12H19NO4S.Na/c1-2-8-13(9-5-10-18(15,16)17)11-6-3-4-7-12(11)14;/h3-4,6-7,14H,2,5,8-10H2,1H3,(H,15,16,17);/q;+1/p-1. The van der Waals surface area contributed by atoms with Crippen molar-refractivity contribution in [1.29, 1.82) is 0 Å². The van der Waals surface area contributed by atoms with Gasteiger partial charge in [-0.3, -0.25) is 0 Å². The average Bonchev–Trinajstić information content (AvgIpc) is 2.27. The van der Waals surface area contributed by atoms with E-state index in [1.54, 1.807) is 18.2 Å². The van der Waals surface area contributed by atoms with Gasteiger partial charge in [0.25, 0.3) is 0 Å². The number of benzene rings is 1. The summed E-state index contributed by atoms with van der Waals surface area (Å²) < 4.78 is 31.7. The van der Waals surface area contributed by atoms with Crippen LogP contribution in [0.15, 0.2) is 24.3 Å². The molecule has 0 amide bonds. The second-order valence-electron chi connectivity index (χ2n) is 4.09. The van der Waals surface area contributed by atoms with Crippen LogP contribution in [0.1, 0.15) is 19.8 Å². The van der Waals surface area contributed by atoms with Crippen LogP contribution in [-0.2, 0) is 10.1 Å². The molecule has 0 unspecified atom stereocenters. The van der Waals surface area contributed by atoms with Crippen molar-refractivity contribution in [2.24, 2.45) is 0 Å². The van der Waals surface area contributed by atoms with Gasteiger partial charge in [0.2, 0.25) is 0 Å². The molecule has 0 radical (unpaired) electrons. The van der Waals surface area contributed by atoms with Crippen molar-refractivity contribution in [2.75, 3.05) is 23.7 Å². The van der Waals surface area contributed by atoms with Gasteiger partial charge in [0.15, 0.2) is 0 Å². The number of anilines is 1. The summed E-state index contributed by atoms with van der Waals surface area (Å²) in [5, 5.41) is 9.75. The Morgan fingerprint density at radius 1 is 1.26 bits per heavy atom. The van der Waals surface area contributed by atoms with Gasteiger partial charge in [-0.1, -0.05) is 19.1 Å². The topological polar surface area (TPSA) is 80.7 Å². The van der Waals surface area contributed by atoms with E-state index in [4.69, 9.17) is 0 Å². The van der Waals surface area contributed by atoms with E-state index in [1.165, 1.54) is 0 Å². The molecule has 19 heavy (non-hydrogen) atoms. The maximum absolute atomic E-state index is 10.6. The van der Waals surface area contributed by atoms with Crippen molar-refractivity contribution in [3.8, 4) is 5.75 Å². The molecule has 0 aromatic heterocycles. The van der Waals surface area contributed by atoms with E-state index in [2.05, 4.69) is 0 Å². The Morgan fingerprint density at radius 3 is 2.42 bits per heavy atom. The minimum atomic E-state index is -4.17. The van der Waals surface area contributed by atoms with Crippen molar-refractivity contribution in [2.45, 2.75) is 19.8 Å². The number of phenols is 1. The van der Waals surface area contributed by atoms with Crippen molar-refractivity contribution < 1.29 is 47.6 Å². The van der Waals surface area contributed by atoms with E-state index in [9.17, 15) is 18.1 Å². The summed E-state index contributed by atoms with van der Waals surface area (Å²) in [4.78, 5) is 1.89. The Labute approximate surface area is 136 Å². The van der Waals surface area contributed by atoms with Gasteiger partial charge in [0.1, 0.15) is 5.75 Å². The van der Waals surface area contributed by atoms with Gasteiger partial charge in [-0.05, 0) is 25.0 Å². The summed E-state index contributed by atoms with van der Waals surface area (Å²) in [6.45, 7) is 3.14. The van der Waals surface area contributed by atoms with Crippen LogP contribution in [0, 0.1) is 0 Å². The molecule has 0 bridgehead atoms. The van der Waals surface area contributed by atoms with Crippen molar-refractivity contribution in [3.63, 3.8) is 0 Å². The van der Waals surface area contributed by atoms with Crippen LogP contribution in [0.3, 0.4) is 0 Å². The summed E-state index contributed by atoms with van der Waals surface area (Å²) in [5.41, 5.74) is 0.669. The van der Waals surface area contributed by atoms with Gasteiger partial charge in [0, 0.05) is 18.8 Å². The Morgan fingerprint density at radius 2 is 1.89 bits per heavy atom. The van der Waals surface area contributed by atoms with Crippen LogP contribution >= 0.6 is 0 Å². The van der Waals surface area contributed by atoms with Crippen LogP contribution < -0.4 is 34.5 Å². The van der Waals surface area contributed by atoms with E-state index in [1.807, 2.05) is 17.9 Å². The molecule has 1 rings (SSSR count). The van der Waals surface area contributed by atoms with E-state index >= 15 is 0 Å². The monoisotopic (exact) mass is 295 g/mol. The zero-order chi connectivity index (χ0) is 13.6. The molecule has 0 aliphatic rings. The number of hydrogen-bond acceptors (Lipinski definition) is 5. The van der Waals surface area contributed by atoms with Gasteiger partial charge >= 0.3 is 29.6 Å². The van der Waals surface area contributed by atoms with Gasteiger partial charge in [-0.25, -0.2) is 8.42 Å². The summed E-state index contributed by atoms with van der Waals surface area (Å²) in [6, 6.07) is 6.89. The molecule has 0 aliphatic heterocycles. The first kappa shape index (κ1) is 18.7. The van der Waals surface area contributed by atoms with Crippen LogP contribution in [0.2, 0.25) is 0 Å². The normalized spacial score (nSPS) is 10.8. The molecular formula is C12H18NNaO4S. The maximum atomic E-state index is 10.6. The van der Waals surface area contributed by atoms with E-state index in [-0.39, 0.29) is 47.5 Å². The first-order valence-corrected chi connectivity index (χ1v) is 7.48. The minimum absolute atomic E-state index is 0. The summed E-state index contributed by atoms with van der Waals surface area (Å²) >= 11 is 0. The fourth-order valence-corrected chi connectivity index (χ4v) is 2.27. The van der Waals surface area contributed by atoms with Gasteiger partial charge in [-0.15, -0.1) is 0 Å². The molecule has 102 valence electrons. The predicted molar refractivity (Wildman–Crippen MR) is 69.8 cm³/mol. The molecule has 0 atom stereocenters. The Kier molecular flexibility index (Phi) is 8.69. The second-order valence-corrected chi connectivity index (χ2v) is 5.61. The SMILES string of the molecule is CCCN(CCCS(=O)(=O)[O-])c1ccccc1O.[Na+]. The van der Waals surface area contributed by atoms with E-state index < -0.39 is 10.1 Å². The van der Waals surface area contributed by atoms with Gasteiger partial charge < -0.3 is 14.6 Å². The Balaban J connectivity index is 0.00000324. The third-order valence-corrected chi connectivity index (χ3v) is 3.33. The second kappa shape index (κ2) is 8.81. The zero-order valence-electron chi connectivity index (χ0n) is 11.4. The molecule has 1 N–H and O–H groups in total. The smallest absolute Gasteiger partial charge is 0.748 e. The molecule has 0 spiro atoms. The fraction of sp³-hybridized carbons (Fsp3) is 0.500. The number of phenolic OH excluding ortho intramolecular Hbond substituents is 1. The molecular weight excluding hydrogens is 277 g/mol. The number of hydrogen-bond donors (Lipinski definition) is 1. The van der Waals surface area contributed by atoms with Crippen LogP contribution in [0.5, 0.6) is 5.75 Å². The largest absolute Gasteiger partial charge is 1.00 e. The number of para-hydroxylation sites is 2. The summed E-state index contributed by atoms with van der Waals surface area (Å²) in [7, 11) is -4.17. The first-order valence-electron chi connectivity index (χ1n) is 5.90. The minimum Gasteiger partial charge on any atom is -0.748 e. The van der Waals surface area contributed by atoms with Crippen molar-refractivity contribution >= 4 is 15.8 Å². The predicted octanol–water partition coefficient (Wildman–Crippen LogP) is -1.45. The van der Waals surface area contributed by atoms with Crippen LogP contribution in [0.4, 0.5) is 5.69 Å². The first-order chi connectivity index (χ1) is 8.44. The Bertz CT molecular complexity index is 478. The molecule has 0 saturated carbocycles. The summed E-state index contributed by atoms with van der Waals surface area (Å²) in [5.74, 6) is -0.211. The number of nitrogens with zero attached hydrogens (tertiary/aromatic N) is 1. The fourth-order valence-electron chi connectivity index (χ4n) is 1.79. The average molecular weight is 295 g/mol. The molecule has 0 aliphatic carbocycles. The number of rotatable bonds is 7. The molecule has 1 aromatic carbocycles. The zero-order valence-corrected chi connectivity index (χ0v) is 14.2. The molecule has 0 saturated heterocycles. The number of aromatic hydroxyl groups is 1. The summed E-state index contributed by atoms with van der Waals surface area (Å²) in [6.07, 6.45) is 1.14. The van der Waals surface area contributed by atoms with Crippen LogP contribution in [0.25, 0.3) is 0 Å². The Hall–Kier alpha value is -0.270. The van der Waals surface area contributed by atoms with Crippen molar-refractivity contribution in [1.82, 2.24) is 0 Å². The molecule has 1 aromatic rings. The molecule has 7 heteroatoms. The molecule has 0 heterocycles. The third-order valence-electron chi connectivity index (χ3n) is 2.54. The van der Waals surface area contributed by atoms with E-state index in [0.717, 1.165) is 6.42 Å². The van der Waals surface area contributed by atoms with Gasteiger partial charge in [0.05, 0.1) is 15.8 Å². The quantitative estimate of drug-likeness (QED) is 0.491. The maximum Gasteiger partial charge on any atom is 1.00 e. The third kappa shape index (κ3) is 7.17. The van der Waals surface area contributed by atoms with Gasteiger partial charge in [-0.2, -0.15) is 0 Å². The van der Waals surface area contributed by atoms with E-state index in [0.29, 0.717) is 18.8 Å². The van der Waals surface area contributed by atoms with Crippen molar-refractivity contribution in [3.05, 3.63) is 24.3 Å². The van der Waals surface area contributed by atoms with Crippen LogP contribution in [-0.4, -0.2) is 36.9 Å². The molecule has 5 nitrogen and oxygen atoms in total.